The number of phenols is 1. The van der Waals surface area contributed by atoms with Crippen molar-refractivity contribution in [1.82, 2.24) is 0 Å². The summed E-state index contributed by atoms with van der Waals surface area (Å²) in [4.78, 5) is 59.7. The topological polar surface area (TPSA) is 91.8 Å². The number of fused-ring (bicyclic) bond motifs is 4. The number of carbonyl (C=O) groups excluding carboxylic acids is 4. The molecule has 4 aromatic carbocycles. The summed E-state index contributed by atoms with van der Waals surface area (Å²) in [6.07, 6.45) is 4.10. The lowest BCUT2D eigenvalue weighted by atomic mass is 9.44. The van der Waals surface area contributed by atoms with Gasteiger partial charge in [0, 0.05) is 22.4 Å². The maximum absolute atomic E-state index is 15.0. The lowest BCUT2D eigenvalue weighted by molar-refractivity contribution is -0.135. The highest BCUT2D eigenvalue weighted by molar-refractivity contribution is 6.33. The number of anilines is 1. The normalized spacial score (nSPS) is 28.0. The second-order valence-electron chi connectivity index (χ2n) is 13.3. The lowest BCUT2D eigenvalue weighted by Crippen LogP contribution is -2.58. The smallest absolute Gasteiger partial charge is 0.238 e. The van der Waals surface area contributed by atoms with Crippen LogP contribution in [-0.4, -0.2) is 28.5 Å². The molecule has 0 spiro atoms. The molecule has 2 amide bonds. The van der Waals surface area contributed by atoms with Crippen LogP contribution < -0.4 is 4.90 Å². The molecular weight excluding hydrogens is 622 g/mol. The number of benzene rings is 4. The average Bonchev–Trinajstić information content (AvgIpc) is 3.37. The Morgan fingerprint density at radius 1 is 0.812 bits per heavy atom. The Hall–Kier alpha value is -5.07. The highest BCUT2D eigenvalue weighted by Gasteiger charge is 2.66. The van der Waals surface area contributed by atoms with Crippen molar-refractivity contribution < 1.29 is 24.3 Å². The van der Waals surface area contributed by atoms with Crippen molar-refractivity contribution in [3.8, 4) is 5.75 Å². The Kier molecular flexibility index (Phi) is 7.11. The number of carbonyl (C=O) groups is 4. The quantitative estimate of drug-likeness (QED) is 0.183. The number of imide groups is 1. The summed E-state index contributed by atoms with van der Waals surface area (Å²) >= 11 is 6.44. The minimum Gasteiger partial charge on any atom is -0.508 e. The van der Waals surface area contributed by atoms with Gasteiger partial charge in [-0.15, -0.1) is 0 Å². The minimum absolute atomic E-state index is 0.0791. The van der Waals surface area contributed by atoms with Crippen molar-refractivity contribution in [2.75, 3.05) is 4.90 Å². The van der Waals surface area contributed by atoms with Crippen molar-refractivity contribution in [2.24, 2.45) is 23.7 Å². The molecule has 0 radical (unpaired) electrons. The van der Waals surface area contributed by atoms with E-state index in [0.717, 1.165) is 22.3 Å². The van der Waals surface area contributed by atoms with Crippen molar-refractivity contribution in [3.63, 3.8) is 0 Å². The van der Waals surface area contributed by atoms with Gasteiger partial charge in [-0.3, -0.25) is 19.2 Å². The Balaban J connectivity index is 1.34. The van der Waals surface area contributed by atoms with E-state index in [1.807, 2.05) is 73.7 Å². The van der Waals surface area contributed by atoms with Crippen LogP contribution in [0.5, 0.6) is 5.75 Å². The maximum Gasteiger partial charge on any atom is 0.238 e. The number of hydrogen-bond acceptors (Lipinski definition) is 5. The zero-order valence-corrected chi connectivity index (χ0v) is 26.9. The first-order valence-electron chi connectivity index (χ1n) is 16.3. The minimum atomic E-state index is -1.31. The van der Waals surface area contributed by atoms with Crippen molar-refractivity contribution in [3.05, 3.63) is 148 Å². The summed E-state index contributed by atoms with van der Waals surface area (Å²) < 4.78 is 0. The molecule has 6 atom stereocenters. The monoisotopic (exact) mass is 653 g/mol. The molecule has 6 nitrogen and oxygen atoms in total. The van der Waals surface area contributed by atoms with Gasteiger partial charge in [0.15, 0.2) is 11.6 Å². The number of allylic oxidation sites excluding steroid dienone is 4. The molecule has 8 rings (SSSR count). The number of aryl methyl sites for hydroxylation is 1. The first-order chi connectivity index (χ1) is 23.2. The molecule has 1 saturated carbocycles. The first-order valence-corrected chi connectivity index (χ1v) is 16.6. The molecule has 1 N–H and O–H groups in total. The molecule has 4 aliphatic rings. The summed E-state index contributed by atoms with van der Waals surface area (Å²) in [5.41, 5.74) is 3.34. The fourth-order valence-corrected chi connectivity index (χ4v) is 9.07. The van der Waals surface area contributed by atoms with Gasteiger partial charge in [-0.05, 0) is 78.3 Å². The van der Waals surface area contributed by atoms with Gasteiger partial charge in [-0.2, -0.15) is 0 Å². The molecule has 0 bridgehead atoms. The molecule has 238 valence electrons. The Labute approximate surface area is 283 Å². The average molecular weight is 654 g/mol. The molecule has 3 aliphatic carbocycles. The van der Waals surface area contributed by atoms with Crippen LogP contribution in [0.25, 0.3) is 5.57 Å². The lowest BCUT2D eigenvalue weighted by Gasteiger charge is -2.55. The Morgan fingerprint density at radius 3 is 2.19 bits per heavy atom. The number of nitrogens with zero attached hydrogens (tertiary/aromatic N) is 1. The number of phenolic OH excluding ortho intramolecular Hbond substituents is 1. The van der Waals surface area contributed by atoms with Gasteiger partial charge in [-0.25, -0.2) is 4.90 Å². The summed E-state index contributed by atoms with van der Waals surface area (Å²) in [6, 6.07) is 30.6. The number of halogens is 1. The molecule has 2 fully saturated rings. The van der Waals surface area contributed by atoms with Gasteiger partial charge in [0.2, 0.25) is 11.8 Å². The van der Waals surface area contributed by atoms with Crippen LogP contribution >= 0.6 is 11.6 Å². The number of ketones is 2. The van der Waals surface area contributed by atoms with Gasteiger partial charge in [0.05, 0.1) is 22.9 Å². The van der Waals surface area contributed by atoms with Crippen LogP contribution in [0.2, 0.25) is 5.02 Å². The van der Waals surface area contributed by atoms with E-state index in [1.165, 1.54) is 11.0 Å². The van der Waals surface area contributed by atoms with Crippen LogP contribution in [0.1, 0.15) is 41.0 Å². The standard InChI is InChI=1S/C41H32ClNO5/c1-23-12-15-27(20-34(23)42)43-39(47)30-19-18-29-32(36(30)40(43)48)21-33-38(46)31(24-8-4-2-5-9-24)22-35(45)41(33,26-10-6-3-7-11-26)37(29)25-13-16-28(44)17-14-25/h2-18,20,22,30,32-33,36-37,44H,19,21H2,1H3. The molecule has 4 aromatic rings. The van der Waals surface area contributed by atoms with Gasteiger partial charge >= 0.3 is 0 Å². The third-order valence-electron chi connectivity index (χ3n) is 11.0. The predicted octanol–water partition coefficient (Wildman–Crippen LogP) is 7.38. The van der Waals surface area contributed by atoms with E-state index in [-0.39, 0.29) is 35.6 Å². The number of hydrogen-bond donors (Lipinski definition) is 1. The highest BCUT2D eigenvalue weighted by atomic mass is 35.5. The molecule has 0 aromatic heterocycles. The number of aromatic hydroxyl groups is 1. The molecule has 1 heterocycles. The van der Waals surface area contributed by atoms with Crippen molar-refractivity contribution in [2.45, 2.75) is 31.1 Å². The van der Waals surface area contributed by atoms with E-state index in [4.69, 9.17) is 11.6 Å². The summed E-state index contributed by atoms with van der Waals surface area (Å²) in [5, 5.41) is 10.7. The maximum atomic E-state index is 15.0. The van der Waals surface area contributed by atoms with E-state index in [2.05, 4.69) is 0 Å². The molecule has 7 heteroatoms. The number of rotatable bonds is 4. The summed E-state index contributed by atoms with van der Waals surface area (Å²) in [7, 11) is 0. The van der Waals surface area contributed by atoms with Crippen LogP contribution in [0, 0.1) is 30.6 Å². The van der Waals surface area contributed by atoms with E-state index in [0.29, 0.717) is 28.3 Å². The zero-order valence-electron chi connectivity index (χ0n) is 26.2. The van der Waals surface area contributed by atoms with E-state index in [9.17, 15) is 24.3 Å². The largest absolute Gasteiger partial charge is 0.508 e. The van der Waals surface area contributed by atoms with Crippen molar-refractivity contribution in [1.29, 1.82) is 0 Å². The second-order valence-corrected chi connectivity index (χ2v) is 13.7. The fraction of sp³-hybridized carbons (Fsp3) is 0.220. The van der Waals surface area contributed by atoms with Crippen molar-refractivity contribution >= 4 is 46.2 Å². The molecule has 6 unspecified atom stereocenters. The number of amides is 2. The predicted molar refractivity (Wildman–Crippen MR) is 183 cm³/mol. The van der Waals surface area contributed by atoms with Crippen LogP contribution in [0.15, 0.2) is 121 Å². The van der Waals surface area contributed by atoms with Gasteiger partial charge in [-0.1, -0.05) is 102 Å². The zero-order chi connectivity index (χ0) is 33.3. The molecular formula is C41H32ClNO5. The molecule has 48 heavy (non-hydrogen) atoms. The van der Waals surface area contributed by atoms with E-state index < -0.39 is 35.0 Å². The fourth-order valence-electron chi connectivity index (χ4n) is 8.89. The van der Waals surface area contributed by atoms with E-state index >= 15 is 0 Å². The molecule has 1 saturated heterocycles. The third kappa shape index (κ3) is 4.32. The Morgan fingerprint density at radius 2 is 1.50 bits per heavy atom. The number of Topliss-reactive ketones (excluding diaryl/α,β-unsaturated/α-hetero) is 1. The Bertz CT molecular complexity index is 2070. The first kappa shape index (κ1) is 30.3. The van der Waals surface area contributed by atoms with Crippen LogP contribution in [0.4, 0.5) is 5.69 Å². The third-order valence-corrected chi connectivity index (χ3v) is 11.4. The summed E-state index contributed by atoms with van der Waals surface area (Å²) in [5.74, 6) is -4.08. The van der Waals surface area contributed by atoms with Gasteiger partial charge < -0.3 is 5.11 Å². The van der Waals surface area contributed by atoms with Gasteiger partial charge in [0.1, 0.15) is 5.75 Å². The highest BCUT2D eigenvalue weighted by Crippen LogP contribution is 2.63. The molecule has 1 aliphatic heterocycles. The van der Waals surface area contributed by atoms with Gasteiger partial charge in [0.25, 0.3) is 0 Å². The van der Waals surface area contributed by atoms with Crippen LogP contribution in [-0.2, 0) is 24.6 Å². The van der Waals surface area contributed by atoms with Crippen LogP contribution in [0.3, 0.4) is 0 Å². The summed E-state index contributed by atoms with van der Waals surface area (Å²) in [6.45, 7) is 1.86. The van der Waals surface area contributed by atoms with E-state index in [1.54, 1.807) is 42.5 Å². The SMILES string of the molecule is Cc1ccc(N2C(=O)C3CC=C4C(CC5C(=O)C(c6ccccc6)=CC(=O)C5(c5ccccc5)C4c4ccc(O)cc4)C3C2=O)cc1Cl. The second kappa shape index (κ2) is 11.3.